The van der Waals surface area contributed by atoms with E-state index in [1.54, 1.807) is 25.3 Å². The minimum Gasteiger partial charge on any atom is -0.496 e. The van der Waals surface area contributed by atoms with Gasteiger partial charge in [0.15, 0.2) is 6.29 Å². The maximum Gasteiger partial charge on any atom is 0.255 e. The monoisotopic (exact) mass is 432 g/mol. The summed E-state index contributed by atoms with van der Waals surface area (Å²) < 4.78 is 7.10. The number of ether oxygens (including phenoxy) is 1. The molecule has 3 N–H and O–H groups in total. The topological polar surface area (TPSA) is 99.2 Å². The molecule has 4 rings (SSSR count). The number of hydrogen-bond donors (Lipinski definition) is 2. The van der Waals surface area contributed by atoms with Crippen molar-refractivity contribution in [2.24, 2.45) is 0 Å². The van der Waals surface area contributed by atoms with E-state index in [4.69, 9.17) is 15.6 Å². The van der Waals surface area contributed by atoms with Gasteiger partial charge < -0.3 is 15.8 Å². The van der Waals surface area contributed by atoms with Crippen LogP contribution in [0.4, 0.5) is 5.82 Å². The molecule has 0 spiro atoms. The molecule has 166 valence electrons. The van der Waals surface area contributed by atoms with Gasteiger partial charge in [-0.1, -0.05) is 49.2 Å². The van der Waals surface area contributed by atoms with E-state index in [0.29, 0.717) is 28.4 Å². The molecule has 1 atom stereocenters. The van der Waals surface area contributed by atoms with Gasteiger partial charge in [-0.2, -0.15) is 5.10 Å². The zero-order chi connectivity index (χ0) is 22.7. The minimum atomic E-state index is -0.215. The number of nitrogens with zero attached hydrogens (tertiary/aromatic N) is 2. The number of nitrogens with two attached hydrogens (primary N) is 1. The van der Waals surface area contributed by atoms with E-state index in [9.17, 15) is 9.59 Å². The Bertz CT molecular complexity index is 1110. The molecule has 1 heterocycles. The minimum absolute atomic E-state index is 0.203. The molecule has 0 aliphatic heterocycles. The highest BCUT2D eigenvalue weighted by Crippen LogP contribution is 2.35. The molecule has 0 saturated heterocycles. The molecule has 32 heavy (non-hydrogen) atoms. The fraction of sp³-hybridized carbons (Fsp3) is 0.320. The first-order valence-corrected chi connectivity index (χ1v) is 10.9. The lowest BCUT2D eigenvalue weighted by molar-refractivity contribution is 0.0936. The predicted octanol–water partition coefficient (Wildman–Crippen LogP) is 4.56. The zero-order valence-corrected chi connectivity index (χ0v) is 18.4. The summed E-state index contributed by atoms with van der Waals surface area (Å²) in [5.74, 6) is 0.762. The number of carbonyl (C=O) groups excluding carboxylic acids is 2. The average Bonchev–Trinajstić information content (AvgIpc) is 3.46. The Balaban J connectivity index is 1.54. The molecule has 3 aromatic rings. The lowest BCUT2D eigenvalue weighted by atomic mass is 10.0. The van der Waals surface area contributed by atoms with Crippen molar-refractivity contribution in [1.29, 1.82) is 0 Å². The number of nitrogens with one attached hydrogen (secondary N) is 1. The van der Waals surface area contributed by atoms with Gasteiger partial charge in [-0.3, -0.25) is 9.59 Å². The van der Waals surface area contributed by atoms with E-state index in [1.807, 2.05) is 41.9 Å². The van der Waals surface area contributed by atoms with Crippen LogP contribution in [0.2, 0.25) is 0 Å². The average molecular weight is 433 g/mol. The number of para-hydroxylation sites is 1. The Labute approximate surface area is 187 Å². The molecule has 1 aromatic heterocycles. The Morgan fingerprint density at radius 2 is 1.88 bits per heavy atom. The number of aromatic nitrogens is 2. The van der Waals surface area contributed by atoms with Gasteiger partial charge in [-0.05, 0) is 37.5 Å². The number of methoxy groups -OCH3 is 1. The fourth-order valence-corrected chi connectivity index (χ4v) is 4.34. The second-order valence-corrected chi connectivity index (χ2v) is 8.17. The van der Waals surface area contributed by atoms with Crippen molar-refractivity contribution in [3.63, 3.8) is 0 Å². The lowest BCUT2D eigenvalue weighted by Crippen LogP contribution is -2.27. The van der Waals surface area contributed by atoms with Crippen molar-refractivity contribution in [2.45, 2.75) is 44.7 Å². The summed E-state index contributed by atoms with van der Waals surface area (Å²) in [6.07, 6.45) is 5.16. The van der Waals surface area contributed by atoms with E-state index in [-0.39, 0.29) is 18.0 Å². The van der Waals surface area contributed by atoms with Crippen LogP contribution in [-0.4, -0.2) is 29.1 Å². The van der Waals surface area contributed by atoms with Crippen LogP contribution in [0.15, 0.2) is 48.5 Å². The van der Waals surface area contributed by atoms with Crippen molar-refractivity contribution in [3.8, 4) is 17.0 Å². The van der Waals surface area contributed by atoms with Crippen LogP contribution in [0.5, 0.6) is 5.75 Å². The van der Waals surface area contributed by atoms with Gasteiger partial charge >= 0.3 is 0 Å². The second kappa shape index (κ2) is 9.26. The predicted molar refractivity (Wildman–Crippen MR) is 124 cm³/mol. The first-order chi connectivity index (χ1) is 15.5. The number of rotatable bonds is 7. The summed E-state index contributed by atoms with van der Waals surface area (Å²) in [4.78, 5) is 24.4. The van der Waals surface area contributed by atoms with Crippen molar-refractivity contribution in [1.82, 2.24) is 15.1 Å². The van der Waals surface area contributed by atoms with Crippen molar-refractivity contribution in [3.05, 3.63) is 65.2 Å². The van der Waals surface area contributed by atoms with Gasteiger partial charge in [0.25, 0.3) is 5.91 Å². The molecule has 7 heteroatoms. The summed E-state index contributed by atoms with van der Waals surface area (Å²) in [5.41, 5.74) is 9.53. The molecule has 0 bridgehead atoms. The van der Waals surface area contributed by atoms with E-state index < -0.39 is 0 Å². The van der Waals surface area contributed by atoms with Gasteiger partial charge in [0.05, 0.1) is 30.3 Å². The highest BCUT2D eigenvalue weighted by molar-refractivity contribution is 5.97. The van der Waals surface area contributed by atoms with Crippen LogP contribution >= 0.6 is 0 Å². The quantitative estimate of drug-likeness (QED) is 0.533. The molecular weight excluding hydrogens is 404 g/mol. The molecule has 1 fully saturated rings. The van der Waals surface area contributed by atoms with Crippen LogP contribution in [0.3, 0.4) is 0 Å². The second-order valence-electron chi connectivity index (χ2n) is 8.17. The smallest absolute Gasteiger partial charge is 0.255 e. The largest absolute Gasteiger partial charge is 0.496 e. The van der Waals surface area contributed by atoms with Crippen LogP contribution in [0.1, 0.15) is 71.0 Å². The summed E-state index contributed by atoms with van der Waals surface area (Å²) >= 11 is 0. The molecule has 1 amide bonds. The van der Waals surface area contributed by atoms with E-state index in [1.165, 1.54) is 0 Å². The highest BCUT2D eigenvalue weighted by Gasteiger charge is 2.24. The van der Waals surface area contributed by atoms with Crippen molar-refractivity contribution in [2.75, 3.05) is 12.8 Å². The van der Waals surface area contributed by atoms with Gasteiger partial charge in [-0.15, -0.1) is 0 Å². The highest BCUT2D eigenvalue weighted by atomic mass is 16.5. The number of hydrogen-bond acceptors (Lipinski definition) is 5. The molecule has 0 radical (unpaired) electrons. The Hall–Kier alpha value is -3.61. The first kappa shape index (κ1) is 21.6. The van der Waals surface area contributed by atoms with E-state index in [0.717, 1.165) is 43.1 Å². The number of anilines is 1. The maximum absolute atomic E-state index is 12.7. The SMILES string of the molecule is COc1ccccc1C(=O)NC(C)c1ccc(-c2nn(C3CCCC3)c(N)c2C=O)cc1. The third-order valence-corrected chi connectivity index (χ3v) is 6.16. The Kier molecular flexibility index (Phi) is 6.25. The van der Waals surface area contributed by atoms with E-state index in [2.05, 4.69) is 5.32 Å². The van der Waals surface area contributed by atoms with Crippen LogP contribution in [0.25, 0.3) is 11.3 Å². The van der Waals surface area contributed by atoms with Crippen molar-refractivity contribution >= 4 is 18.0 Å². The third kappa shape index (κ3) is 4.10. The summed E-state index contributed by atoms with van der Waals surface area (Å²) in [6, 6.07) is 14.9. The molecule has 1 aliphatic rings. The van der Waals surface area contributed by atoms with Crippen LogP contribution in [0, 0.1) is 0 Å². The lowest BCUT2D eigenvalue weighted by Gasteiger charge is -2.16. The third-order valence-electron chi connectivity index (χ3n) is 6.16. The molecule has 1 saturated carbocycles. The Morgan fingerprint density at radius 3 is 2.53 bits per heavy atom. The van der Waals surface area contributed by atoms with E-state index >= 15 is 0 Å². The normalized spacial score (nSPS) is 14.8. The Morgan fingerprint density at radius 1 is 1.19 bits per heavy atom. The standard InChI is InChI=1S/C25H28N4O3/c1-16(27-25(31)20-9-5-6-10-22(20)32-2)17-11-13-18(14-12-17)23-21(15-30)24(26)29(28-23)19-7-3-4-8-19/h5-6,9-16,19H,3-4,7-8,26H2,1-2H3,(H,27,31). The van der Waals surface area contributed by atoms with Crippen molar-refractivity contribution < 1.29 is 14.3 Å². The van der Waals surface area contributed by atoms with Gasteiger partial charge in [0.2, 0.25) is 0 Å². The fourth-order valence-electron chi connectivity index (χ4n) is 4.34. The molecule has 1 unspecified atom stereocenters. The van der Waals surface area contributed by atoms with Gasteiger partial charge in [-0.25, -0.2) is 4.68 Å². The van der Waals surface area contributed by atoms with Gasteiger partial charge in [0, 0.05) is 5.56 Å². The summed E-state index contributed by atoms with van der Waals surface area (Å²) in [7, 11) is 1.54. The number of carbonyl (C=O) groups is 2. The number of aldehydes is 1. The number of nitrogen functional groups attached to an aromatic ring is 1. The zero-order valence-electron chi connectivity index (χ0n) is 18.4. The van der Waals surface area contributed by atoms with Crippen LogP contribution < -0.4 is 15.8 Å². The maximum atomic E-state index is 12.7. The van der Waals surface area contributed by atoms with Crippen LogP contribution in [-0.2, 0) is 0 Å². The molecule has 1 aliphatic carbocycles. The summed E-state index contributed by atoms with van der Waals surface area (Å²) in [5, 5.41) is 7.70. The van der Waals surface area contributed by atoms with Gasteiger partial charge in [0.1, 0.15) is 17.3 Å². The molecular formula is C25H28N4O3. The molecule has 2 aromatic carbocycles. The summed E-state index contributed by atoms with van der Waals surface area (Å²) in [6.45, 7) is 1.92. The number of amides is 1. The first-order valence-electron chi connectivity index (χ1n) is 10.9. The number of benzene rings is 2. The molecule has 7 nitrogen and oxygen atoms in total.